The fraction of sp³-hybridized carbons (Fsp3) is 0.429. The van der Waals surface area contributed by atoms with Gasteiger partial charge in [-0.2, -0.15) is 0 Å². The Morgan fingerprint density at radius 2 is 2.20 bits per heavy atom. The van der Waals surface area contributed by atoms with Crippen LogP contribution in [0.1, 0.15) is 18.9 Å². The van der Waals surface area contributed by atoms with E-state index < -0.39 is 12.0 Å². The van der Waals surface area contributed by atoms with Crippen molar-refractivity contribution in [2.75, 3.05) is 16.9 Å². The molecule has 108 valence electrons. The number of hydrogen-bond donors (Lipinski definition) is 2. The molecule has 2 N–H and O–H groups in total. The van der Waals surface area contributed by atoms with E-state index in [0.717, 1.165) is 24.1 Å². The van der Waals surface area contributed by atoms with E-state index in [1.165, 1.54) is 16.7 Å². The van der Waals surface area contributed by atoms with E-state index in [0.29, 0.717) is 11.6 Å². The number of thioether (sulfide) groups is 1. The second-order valence-corrected chi connectivity index (χ2v) is 5.66. The maximum Gasteiger partial charge on any atom is 0.327 e. The number of carbonyl (C=O) groups is 2. The van der Waals surface area contributed by atoms with Crippen LogP contribution >= 0.6 is 11.8 Å². The molecule has 0 bridgehead atoms. The van der Waals surface area contributed by atoms with Gasteiger partial charge in [-0.25, -0.2) is 9.59 Å². The Morgan fingerprint density at radius 3 is 2.90 bits per heavy atom. The number of benzene rings is 1. The Kier molecular flexibility index (Phi) is 4.89. The van der Waals surface area contributed by atoms with Crippen molar-refractivity contribution in [3.05, 3.63) is 29.8 Å². The molecule has 1 aliphatic heterocycles. The van der Waals surface area contributed by atoms with Crippen molar-refractivity contribution < 1.29 is 14.7 Å². The average Bonchev–Trinajstić information content (AvgIpc) is 2.91. The molecule has 20 heavy (non-hydrogen) atoms. The van der Waals surface area contributed by atoms with Gasteiger partial charge in [0.1, 0.15) is 6.04 Å². The number of amides is 2. The van der Waals surface area contributed by atoms with Gasteiger partial charge < -0.3 is 15.3 Å². The zero-order chi connectivity index (χ0) is 14.5. The van der Waals surface area contributed by atoms with E-state index in [2.05, 4.69) is 12.2 Å². The largest absolute Gasteiger partial charge is 0.480 e. The number of carboxylic acids is 1. The standard InChI is InChI=1S/C14H18N2O3S/c1-2-5-10-6-3-4-7-11(10)15-14(19)16-9-20-8-12(16)13(17)18/h3-4,6-7,12H,2,5,8-9H2,1H3,(H,15,19)(H,17,18). The smallest absolute Gasteiger partial charge is 0.327 e. The second-order valence-electron chi connectivity index (χ2n) is 4.66. The predicted octanol–water partition coefficient (Wildman–Crippen LogP) is 2.63. The number of para-hydroxylation sites is 1. The molecular weight excluding hydrogens is 276 g/mol. The summed E-state index contributed by atoms with van der Waals surface area (Å²) in [5.74, 6) is -0.0926. The Morgan fingerprint density at radius 1 is 1.45 bits per heavy atom. The van der Waals surface area contributed by atoms with Gasteiger partial charge in [0.15, 0.2) is 0 Å². The van der Waals surface area contributed by atoms with E-state index in [4.69, 9.17) is 5.11 Å². The number of carboxylic acid groups (broad SMARTS) is 1. The van der Waals surface area contributed by atoms with Crippen LogP contribution in [0.2, 0.25) is 0 Å². The lowest BCUT2D eigenvalue weighted by Gasteiger charge is -2.21. The van der Waals surface area contributed by atoms with Crippen LogP contribution in [0.3, 0.4) is 0 Å². The highest BCUT2D eigenvalue weighted by atomic mass is 32.2. The molecule has 1 atom stereocenters. The Hall–Kier alpha value is -1.69. The van der Waals surface area contributed by atoms with Crippen molar-refractivity contribution in [1.82, 2.24) is 4.90 Å². The highest BCUT2D eigenvalue weighted by Crippen LogP contribution is 2.23. The third-order valence-electron chi connectivity index (χ3n) is 3.21. The van der Waals surface area contributed by atoms with Gasteiger partial charge in [-0.15, -0.1) is 11.8 Å². The predicted molar refractivity (Wildman–Crippen MR) is 80.0 cm³/mol. The van der Waals surface area contributed by atoms with E-state index in [9.17, 15) is 9.59 Å². The van der Waals surface area contributed by atoms with Crippen LogP contribution in [0.15, 0.2) is 24.3 Å². The highest BCUT2D eigenvalue weighted by Gasteiger charge is 2.34. The molecule has 2 amide bonds. The van der Waals surface area contributed by atoms with Gasteiger partial charge in [-0.05, 0) is 18.1 Å². The fourth-order valence-corrected chi connectivity index (χ4v) is 3.31. The Labute approximate surface area is 122 Å². The molecule has 0 spiro atoms. The minimum absolute atomic E-state index is 0.342. The first-order chi connectivity index (χ1) is 9.63. The van der Waals surface area contributed by atoms with E-state index >= 15 is 0 Å². The van der Waals surface area contributed by atoms with Gasteiger partial charge >= 0.3 is 12.0 Å². The number of anilines is 1. The lowest BCUT2D eigenvalue weighted by Crippen LogP contribution is -2.44. The van der Waals surface area contributed by atoms with Crippen molar-refractivity contribution in [2.24, 2.45) is 0 Å². The van der Waals surface area contributed by atoms with Gasteiger partial charge in [0.2, 0.25) is 0 Å². The summed E-state index contributed by atoms with van der Waals surface area (Å²) in [5.41, 5.74) is 1.84. The van der Waals surface area contributed by atoms with Crippen molar-refractivity contribution in [2.45, 2.75) is 25.8 Å². The van der Waals surface area contributed by atoms with Crippen LogP contribution in [0.5, 0.6) is 0 Å². The summed E-state index contributed by atoms with van der Waals surface area (Å²) in [6.45, 7) is 2.08. The van der Waals surface area contributed by atoms with Gasteiger partial charge in [0.05, 0.1) is 5.88 Å². The molecule has 1 heterocycles. The van der Waals surface area contributed by atoms with E-state index in [1.807, 2.05) is 24.3 Å². The molecule has 1 aromatic carbocycles. The molecule has 1 unspecified atom stereocenters. The molecule has 0 aliphatic carbocycles. The maximum atomic E-state index is 12.2. The van der Waals surface area contributed by atoms with Crippen molar-refractivity contribution in [1.29, 1.82) is 0 Å². The number of hydrogen-bond acceptors (Lipinski definition) is 3. The Bertz CT molecular complexity index is 507. The molecule has 5 nitrogen and oxygen atoms in total. The molecule has 1 aromatic rings. The topological polar surface area (TPSA) is 69.6 Å². The quantitative estimate of drug-likeness (QED) is 0.895. The number of carbonyl (C=O) groups excluding carboxylic acids is 1. The van der Waals surface area contributed by atoms with Gasteiger partial charge in [-0.1, -0.05) is 31.5 Å². The molecule has 0 saturated carbocycles. The minimum atomic E-state index is -0.952. The second kappa shape index (κ2) is 6.65. The van der Waals surface area contributed by atoms with Crippen molar-refractivity contribution in [3.63, 3.8) is 0 Å². The summed E-state index contributed by atoms with van der Waals surface area (Å²) >= 11 is 1.46. The number of rotatable bonds is 4. The fourth-order valence-electron chi connectivity index (χ4n) is 2.16. The molecule has 1 saturated heterocycles. The normalized spacial score (nSPS) is 18.1. The summed E-state index contributed by atoms with van der Waals surface area (Å²) in [6.07, 6.45) is 1.87. The number of aryl methyl sites for hydroxylation is 1. The van der Waals surface area contributed by atoms with Crippen LogP contribution in [0.4, 0.5) is 10.5 Å². The van der Waals surface area contributed by atoms with E-state index in [1.54, 1.807) is 0 Å². The Balaban J connectivity index is 2.10. The van der Waals surface area contributed by atoms with Crippen molar-refractivity contribution in [3.8, 4) is 0 Å². The van der Waals surface area contributed by atoms with Gasteiger partial charge in [0, 0.05) is 11.4 Å². The SMILES string of the molecule is CCCc1ccccc1NC(=O)N1CSCC1C(=O)O. The van der Waals surface area contributed by atoms with Crippen LogP contribution in [-0.2, 0) is 11.2 Å². The molecule has 6 heteroatoms. The van der Waals surface area contributed by atoms with Crippen LogP contribution in [-0.4, -0.2) is 39.7 Å². The minimum Gasteiger partial charge on any atom is -0.480 e. The summed E-state index contributed by atoms with van der Waals surface area (Å²) < 4.78 is 0. The number of urea groups is 1. The summed E-state index contributed by atoms with van der Waals surface area (Å²) in [6, 6.07) is 6.55. The first-order valence-corrected chi connectivity index (χ1v) is 7.75. The summed E-state index contributed by atoms with van der Waals surface area (Å²) in [4.78, 5) is 24.7. The zero-order valence-electron chi connectivity index (χ0n) is 11.3. The van der Waals surface area contributed by atoms with Gasteiger partial charge in [0.25, 0.3) is 0 Å². The number of nitrogens with one attached hydrogen (secondary N) is 1. The third-order valence-corrected chi connectivity index (χ3v) is 4.22. The molecule has 2 rings (SSSR count). The maximum absolute atomic E-state index is 12.2. The van der Waals surface area contributed by atoms with Crippen LogP contribution in [0.25, 0.3) is 0 Å². The molecule has 1 aliphatic rings. The summed E-state index contributed by atoms with van der Waals surface area (Å²) in [5, 5.41) is 11.9. The third kappa shape index (κ3) is 3.25. The van der Waals surface area contributed by atoms with Crippen LogP contribution in [0, 0.1) is 0 Å². The highest BCUT2D eigenvalue weighted by molar-refractivity contribution is 7.99. The lowest BCUT2D eigenvalue weighted by atomic mass is 10.1. The monoisotopic (exact) mass is 294 g/mol. The van der Waals surface area contributed by atoms with Crippen molar-refractivity contribution >= 4 is 29.4 Å². The average molecular weight is 294 g/mol. The molecular formula is C14H18N2O3S. The molecule has 0 aromatic heterocycles. The zero-order valence-corrected chi connectivity index (χ0v) is 12.2. The van der Waals surface area contributed by atoms with E-state index in [-0.39, 0.29) is 6.03 Å². The lowest BCUT2D eigenvalue weighted by molar-refractivity contribution is -0.140. The molecule has 0 radical (unpaired) electrons. The number of nitrogens with zero attached hydrogens (tertiary/aromatic N) is 1. The van der Waals surface area contributed by atoms with Crippen LogP contribution < -0.4 is 5.32 Å². The first kappa shape index (κ1) is 14.7. The summed E-state index contributed by atoms with van der Waals surface area (Å²) in [7, 11) is 0. The van der Waals surface area contributed by atoms with Gasteiger partial charge in [-0.3, -0.25) is 0 Å². The number of aliphatic carboxylic acids is 1. The molecule has 1 fully saturated rings. The first-order valence-electron chi connectivity index (χ1n) is 6.59.